The van der Waals surface area contributed by atoms with Crippen molar-refractivity contribution in [3.63, 3.8) is 0 Å². The van der Waals surface area contributed by atoms with E-state index < -0.39 is 0 Å². The second-order valence-corrected chi connectivity index (χ2v) is 5.67. The molecule has 3 rings (SSSR count). The SMILES string of the molecule is CCOc1cccc(C(=O)c2cc3cc(F)ccc3s2)c1. The highest BCUT2D eigenvalue weighted by Crippen LogP contribution is 2.28. The fraction of sp³-hybridized carbons (Fsp3) is 0.118. The van der Waals surface area contributed by atoms with Gasteiger partial charge in [0.2, 0.25) is 5.78 Å². The van der Waals surface area contributed by atoms with Crippen molar-refractivity contribution >= 4 is 27.2 Å². The van der Waals surface area contributed by atoms with Crippen molar-refractivity contribution in [2.24, 2.45) is 0 Å². The Hall–Kier alpha value is -2.20. The standard InChI is InChI=1S/C17H13FO2S/c1-2-20-14-5-3-4-11(9-14)17(19)16-10-12-8-13(18)6-7-15(12)21-16/h3-10H,2H2,1H3. The second kappa shape index (κ2) is 5.66. The van der Waals surface area contributed by atoms with Crippen molar-refractivity contribution in [3.05, 3.63) is 64.8 Å². The van der Waals surface area contributed by atoms with Crippen LogP contribution < -0.4 is 4.74 Å². The number of hydrogen-bond acceptors (Lipinski definition) is 3. The number of halogens is 1. The van der Waals surface area contributed by atoms with E-state index in [1.54, 1.807) is 30.3 Å². The van der Waals surface area contributed by atoms with Gasteiger partial charge >= 0.3 is 0 Å². The highest BCUT2D eigenvalue weighted by Gasteiger charge is 2.13. The summed E-state index contributed by atoms with van der Waals surface area (Å²) < 4.78 is 19.5. The van der Waals surface area contributed by atoms with Crippen LogP contribution in [0.3, 0.4) is 0 Å². The molecule has 2 aromatic carbocycles. The third-order valence-corrected chi connectivity index (χ3v) is 4.22. The van der Waals surface area contributed by atoms with Gasteiger partial charge in [0.05, 0.1) is 11.5 Å². The van der Waals surface area contributed by atoms with Crippen molar-refractivity contribution in [1.82, 2.24) is 0 Å². The lowest BCUT2D eigenvalue weighted by Gasteiger charge is -2.04. The number of carbonyl (C=O) groups is 1. The fourth-order valence-corrected chi connectivity index (χ4v) is 3.17. The minimum absolute atomic E-state index is 0.0711. The summed E-state index contributed by atoms with van der Waals surface area (Å²) in [6.45, 7) is 2.45. The number of hydrogen-bond donors (Lipinski definition) is 0. The molecule has 0 saturated heterocycles. The minimum atomic E-state index is -0.294. The van der Waals surface area contributed by atoms with E-state index in [0.717, 1.165) is 10.1 Å². The number of rotatable bonds is 4. The Balaban J connectivity index is 1.97. The van der Waals surface area contributed by atoms with Crippen molar-refractivity contribution in [2.45, 2.75) is 6.92 Å². The third-order valence-electron chi connectivity index (χ3n) is 3.11. The molecule has 0 aliphatic heterocycles. The largest absolute Gasteiger partial charge is 0.494 e. The van der Waals surface area contributed by atoms with Crippen molar-refractivity contribution < 1.29 is 13.9 Å². The normalized spacial score (nSPS) is 10.8. The van der Waals surface area contributed by atoms with Crippen LogP contribution in [-0.4, -0.2) is 12.4 Å². The van der Waals surface area contributed by atoms with E-state index in [1.165, 1.54) is 23.5 Å². The molecule has 4 heteroatoms. The Kier molecular flexibility index (Phi) is 3.71. The quantitative estimate of drug-likeness (QED) is 0.654. The Morgan fingerprint density at radius 1 is 1.19 bits per heavy atom. The molecule has 0 unspecified atom stereocenters. The van der Waals surface area contributed by atoms with Crippen LogP contribution >= 0.6 is 11.3 Å². The van der Waals surface area contributed by atoms with E-state index in [-0.39, 0.29) is 11.6 Å². The number of benzene rings is 2. The second-order valence-electron chi connectivity index (χ2n) is 4.58. The minimum Gasteiger partial charge on any atom is -0.494 e. The molecular formula is C17H13FO2S. The highest BCUT2D eigenvalue weighted by molar-refractivity contribution is 7.21. The van der Waals surface area contributed by atoms with E-state index in [0.29, 0.717) is 22.8 Å². The first-order valence-electron chi connectivity index (χ1n) is 6.64. The van der Waals surface area contributed by atoms with E-state index in [9.17, 15) is 9.18 Å². The van der Waals surface area contributed by atoms with Crippen LogP contribution in [0.4, 0.5) is 4.39 Å². The van der Waals surface area contributed by atoms with Crippen LogP contribution in [0.25, 0.3) is 10.1 Å². The first kappa shape index (κ1) is 13.8. The molecule has 0 fully saturated rings. The van der Waals surface area contributed by atoms with E-state index in [2.05, 4.69) is 0 Å². The molecule has 0 saturated carbocycles. The smallest absolute Gasteiger partial charge is 0.203 e. The maximum Gasteiger partial charge on any atom is 0.203 e. The van der Waals surface area contributed by atoms with Gasteiger partial charge in [-0.15, -0.1) is 11.3 Å². The average Bonchev–Trinajstić information content (AvgIpc) is 2.90. The van der Waals surface area contributed by atoms with Crippen LogP contribution in [0, 0.1) is 5.82 Å². The van der Waals surface area contributed by atoms with Crippen LogP contribution in [0.5, 0.6) is 5.75 Å². The predicted molar refractivity (Wildman–Crippen MR) is 82.8 cm³/mol. The molecule has 0 aliphatic rings. The molecule has 3 aromatic rings. The Labute approximate surface area is 125 Å². The van der Waals surface area contributed by atoms with Crippen molar-refractivity contribution in [3.8, 4) is 5.75 Å². The molecular weight excluding hydrogens is 287 g/mol. The summed E-state index contributed by atoms with van der Waals surface area (Å²) in [6, 6.07) is 13.4. The Bertz CT molecular complexity index is 807. The predicted octanol–water partition coefficient (Wildman–Crippen LogP) is 4.67. The summed E-state index contributed by atoms with van der Waals surface area (Å²) in [5.41, 5.74) is 0.577. The highest BCUT2D eigenvalue weighted by atomic mass is 32.1. The van der Waals surface area contributed by atoms with Gasteiger partial charge in [0.25, 0.3) is 0 Å². The average molecular weight is 300 g/mol. The number of ketones is 1. The van der Waals surface area contributed by atoms with E-state index in [4.69, 9.17) is 4.74 Å². The molecule has 1 aromatic heterocycles. The topological polar surface area (TPSA) is 26.3 Å². The first-order chi connectivity index (χ1) is 10.2. The molecule has 0 amide bonds. The Morgan fingerprint density at radius 2 is 2.05 bits per heavy atom. The zero-order valence-corrected chi connectivity index (χ0v) is 12.2. The van der Waals surface area contributed by atoms with E-state index >= 15 is 0 Å². The lowest BCUT2D eigenvalue weighted by molar-refractivity contribution is 0.104. The molecule has 0 aliphatic carbocycles. The zero-order chi connectivity index (χ0) is 14.8. The van der Waals surface area contributed by atoms with Gasteiger partial charge in [0, 0.05) is 10.3 Å². The summed E-state index contributed by atoms with van der Waals surface area (Å²) in [5, 5.41) is 0.754. The molecule has 0 bridgehead atoms. The van der Waals surface area contributed by atoms with Gasteiger partial charge in [-0.2, -0.15) is 0 Å². The summed E-state index contributed by atoms with van der Waals surface area (Å²) in [5.74, 6) is 0.311. The first-order valence-corrected chi connectivity index (χ1v) is 7.45. The molecule has 0 radical (unpaired) electrons. The number of fused-ring (bicyclic) bond motifs is 1. The van der Waals surface area contributed by atoms with Gasteiger partial charge in [-0.05, 0) is 48.7 Å². The summed E-state index contributed by atoms with van der Waals surface area (Å²) in [6.07, 6.45) is 0. The molecule has 0 spiro atoms. The summed E-state index contributed by atoms with van der Waals surface area (Å²) in [4.78, 5) is 13.1. The van der Waals surface area contributed by atoms with Crippen molar-refractivity contribution in [1.29, 1.82) is 0 Å². The number of thiophene rings is 1. The van der Waals surface area contributed by atoms with Crippen LogP contribution in [0.1, 0.15) is 22.2 Å². The van der Waals surface area contributed by atoms with Crippen LogP contribution in [0.15, 0.2) is 48.5 Å². The fourth-order valence-electron chi connectivity index (χ4n) is 2.16. The maximum absolute atomic E-state index is 13.2. The van der Waals surface area contributed by atoms with E-state index in [1.807, 2.05) is 13.0 Å². The molecule has 0 atom stereocenters. The number of carbonyl (C=O) groups excluding carboxylic acids is 1. The molecule has 1 heterocycles. The lowest BCUT2D eigenvalue weighted by atomic mass is 10.1. The van der Waals surface area contributed by atoms with Crippen LogP contribution in [-0.2, 0) is 0 Å². The Morgan fingerprint density at radius 3 is 2.86 bits per heavy atom. The monoisotopic (exact) mass is 300 g/mol. The van der Waals surface area contributed by atoms with Gasteiger partial charge in [-0.1, -0.05) is 12.1 Å². The van der Waals surface area contributed by atoms with Gasteiger partial charge in [-0.3, -0.25) is 4.79 Å². The van der Waals surface area contributed by atoms with Crippen molar-refractivity contribution in [2.75, 3.05) is 6.61 Å². The molecule has 2 nitrogen and oxygen atoms in total. The molecule has 21 heavy (non-hydrogen) atoms. The zero-order valence-electron chi connectivity index (χ0n) is 11.4. The number of ether oxygens (including phenoxy) is 1. The van der Waals surface area contributed by atoms with Gasteiger partial charge in [0.15, 0.2) is 0 Å². The van der Waals surface area contributed by atoms with Gasteiger partial charge < -0.3 is 4.74 Å². The maximum atomic E-state index is 13.2. The third kappa shape index (κ3) is 2.81. The van der Waals surface area contributed by atoms with Crippen LogP contribution in [0.2, 0.25) is 0 Å². The summed E-state index contributed by atoms with van der Waals surface area (Å²) in [7, 11) is 0. The molecule has 0 N–H and O–H groups in total. The molecule has 106 valence electrons. The summed E-state index contributed by atoms with van der Waals surface area (Å²) >= 11 is 1.37. The van der Waals surface area contributed by atoms with Gasteiger partial charge in [-0.25, -0.2) is 4.39 Å². The van der Waals surface area contributed by atoms with Gasteiger partial charge in [0.1, 0.15) is 11.6 Å². The lowest BCUT2D eigenvalue weighted by Crippen LogP contribution is -1.99.